The highest BCUT2D eigenvalue weighted by Gasteiger charge is 2.26. The molecule has 6 heteroatoms. The van der Waals surface area contributed by atoms with Gasteiger partial charge in [0.25, 0.3) is 0 Å². The number of aliphatic hydroxyl groups is 1. The van der Waals surface area contributed by atoms with Crippen LogP contribution in [0.2, 0.25) is 0 Å². The first kappa shape index (κ1) is 15.2. The quantitative estimate of drug-likeness (QED) is 0.613. The molecule has 2 atom stereocenters. The molecule has 1 heterocycles. The number of rotatable bonds is 7. The molecule has 1 rings (SSSR count). The normalized spacial score (nSPS) is 22.5. The predicted molar refractivity (Wildman–Crippen MR) is 67.5 cm³/mol. The van der Waals surface area contributed by atoms with Crippen molar-refractivity contribution in [1.82, 2.24) is 10.6 Å². The van der Waals surface area contributed by atoms with Gasteiger partial charge in [0, 0.05) is 26.9 Å². The van der Waals surface area contributed by atoms with E-state index in [1.165, 1.54) is 0 Å². The molecule has 3 N–H and O–H groups in total. The Morgan fingerprint density at radius 1 is 1.61 bits per heavy atom. The van der Waals surface area contributed by atoms with E-state index in [2.05, 4.69) is 10.6 Å². The molecule has 0 aromatic carbocycles. The summed E-state index contributed by atoms with van der Waals surface area (Å²) in [5.74, 6) is 0. The van der Waals surface area contributed by atoms with Crippen LogP contribution in [0.25, 0.3) is 0 Å². The van der Waals surface area contributed by atoms with Crippen molar-refractivity contribution in [3.63, 3.8) is 0 Å². The molecule has 1 saturated heterocycles. The van der Waals surface area contributed by atoms with Crippen molar-refractivity contribution in [2.45, 2.75) is 37.8 Å². The van der Waals surface area contributed by atoms with Crippen molar-refractivity contribution in [1.29, 1.82) is 0 Å². The van der Waals surface area contributed by atoms with Crippen LogP contribution >= 0.6 is 0 Å². The molecule has 1 aliphatic rings. The molecule has 0 aromatic heterocycles. The lowest BCUT2D eigenvalue weighted by molar-refractivity contribution is 0.0975. The van der Waals surface area contributed by atoms with Gasteiger partial charge in [0.15, 0.2) is 0 Å². The first-order chi connectivity index (χ1) is 8.59. The third-order valence-electron chi connectivity index (χ3n) is 3.06. The maximum atomic E-state index is 11.8. The summed E-state index contributed by atoms with van der Waals surface area (Å²) >= 11 is 0. The van der Waals surface area contributed by atoms with Crippen molar-refractivity contribution in [2.24, 2.45) is 0 Å². The van der Waals surface area contributed by atoms with Gasteiger partial charge in [-0.3, -0.25) is 0 Å². The molecule has 0 aliphatic carbocycles. The average molecular weight is 260 g/mol. The Kier molecular flexibility index (Phi) is 6.38. The maximum Gasteiger partial charge on any atom is 0.315 e. The van der Waals surface area contributed by atoms with E-state index in [0.29, 0.717) is 19.6 Å². The van der Waals surface area contributed by atoms with E-state index in [1.807, 2.05) is 6.92 Å². The largest absolute Gasteiger partial charge is 0.396 e. The van der Waals surface area contributed by atoms with Gasteiger partial charge >= 0.3 is 6.03 Å². The van der Waals surface area contributed by atoms with Gasteiger partial charge in [0.05, 0.1) is 18.2 Å². The van der Waals surface area contributed by atoms with Crippen LogP contribution in [0.5, 0.6) is 0 Å². The Balaban J connectivity index is 2.30. The summed E-state index contributed by atoms with van der Waals surface area (Å²) in [7, 11) is 1.57. The van der Waals surface area contributed by atoms with Crippen molar-refractivity contribution >= 4 is 6.03 Å². The van der Waals surface area contributed by atoms with Gasteiger partial charge in [-0.25, -0.2) is 4.79 Å². The smallest absolute Gasteiger partial charge is 0.315 e. The minimum atomic E-state index is -0.551. The highest BCUT2D eigenvalue weighted by atomic mass is 16.5. The number of nitrogens with one attached hydrogen (secondary N) is 2. The fourth-order valence-corrected chi connectivity index (χ4v) is 2.07. The Morgan fingerprint density at radius 3 is 2.94 bits per heavy atom. The summed E-state index contributed by atoms with van der Waals surface area (Å²) in [6.07, 6.45) is 2.63. The van der Waals surface area contributed by atoms with Crippen LogP contribution in [0.1, 0.15) is 26.2 Å². The number of ether oxygens (including phenoxy) is 2. The number of hydrogen-bond donors (Lipinski definition) is 3. The molecule has 106 valence electrons. The molecular weight excluding hydrogens is 236 g/mol. The maximum absolute atomic E-state index is 11.8. The Bertz CT molecular complexity index is 248. The second-order valence-electron chi connectivity index (χ2n) is 4.94. The Hall–Kier alpha value is -0.850. The summed E-state index contributed by atoms with van der Waals surface area (Å²) in [5, 5.41) is 14.6. The van der Waals surface area contributed by atoms with Crippen LogP contribution in [-0.2, 0) is 9.47 Å². The predicted octanol–water partition coefficient (Wildman–Crippen LogP) is 0.252. The summed E-state index contributed by atoms with van der Waals surface area (Å²) in [5.41, 5.74) is -0.551. The van der Waals surface area contributed by atoms with Crippen LogP contribution in [0.3, 0.4) is 0 Å². The van der Waals surface area contributed by atoms with E-state index < -0.39 is 5.54 Å². The number of methoxy groups -OCH3 is 1. The van der Waals surface area contributed by atoms with Gasteiger partial charge in [-0.05, 0) is 26.2 Å². The van der Waals surface area contributed by atoms with Crippen LogP contribution in [-0.4, -0.2) is 56.3 Å². The Morgan fingerprint density at radius 2 is 2.39 bits per heavy atom. The molecule has 0 saturated carbocycles. The molecule has 1 aliphatic heterocycles. The minimum absolute atomic E-state index is 0.00583. The monoisotopic (exact) mass is 260 g/mol. The Labute approximate surface area is 108 Å². The molecule has 2 amide bonds. The van der Waals surface area contributed by atoms with Crippen LogP contribution in [0, 0.1) is 0 Å². The lowest BCUT2D eigenvalue weighted by atomic mass is 10.00. The molecule has 0 radical (unpaired) electrons. The van der Waals surface area contributed by atoms with Crippen LogP contribution in [0.15, 0.2) is 0 Å². The van der Waals surface area contributed by atoms with E-state index in [4.69, 9.17) is 14.6 Å². The van der Waals surface area contributed by atoms with Crippen LogP contribution < -0.4 is 10.6 Å². The van der Waals surface area contributed by atoms with Crippen molar-refractivity contribution in [3.05, 3.63) is 0 Å². The van der Waals surface area contributed by atoms with Gasteiger partial charge in [0.1, 0.15) is 0 Å². The molecule has 0 aromatic rings. The SMILES string of the molecule is COC[C@](C)(CCO)NC(=O)NC[C@H]1CCCO1. The van der Waals surface area contributed by atoms with Gasteiger partial charge in [-0.15, -0.1) is 0 Å². The van der Waals surface area contributed by atoms with Gasteiger partial charge in [-0.1, -0.05) is 0 Å². The van der Waals surface area contributed by atoms with Crippen molar-refractivity contribution < 1.29 is 19.4 Å². The zero-order valence-electron chi connectivity index (χ0n) is 11.2. The number of urea groups is 1. The summed E-state index contributed by atoms with van der Waals surface area (Å²) < 4.78 is 10.5. The first-order valence-corrected chi connectivity index (χ1v) is 6.37. The second-order valence-corrected chi connectivity index (χ2v) is 4.94. The third kappa shape index (κ3) is 5.20. The summed E-state index contributed by atoms with van der Waals surface area (Å²) in [6.45, 7) is 3.51. The average Bonchev–Trinajstić information content (AvgIpc) is 2.79. The summed E-state index contributed by atoms with van der Waals surface area (Å²) in [6, 6.07) is -0.251. The fraction of sp³-hybridized carbons (Fsp3) is 0.917. The van der Waals surface area contributed by atoms with Crippen molar-refractivity contribution in [3.8, 4) is 0 Å². The van der Waals surface area contributed by atoms with E-state index in [9.17, 15) is 4.79 Å². The first-order valence-electron chi connectivity index (χ1n) is 6.37. The standard InChI is InChI=1S/C12H24N2O4/c1-12(5-6-15,9-17-2)14-11(16)13-8-10-4-3-7-18-10/h10,15H,3-9H2,1-2H3,(H2,13,14,16)/t10-,12+/m1/s1. The fourth-order valence-electron chi connectivity index (χ4n) is 2.07. The highest BCUT2D eigenvalue weighted by molar-refractivity contribution is 5.74. The molecule has 6 nitrogen and oxygen atoms in total. The van der Waals surface area contributed by atoms with Gasteiger partial charge in [-0.2, -0.15) is 0 Å². The molecule has 18 heavy (non-hydrogen) atoms. The zero-order valence-corrected chi connectivity index (χ0v) is 11.2. The number of aliphatic hydroxyl groups excluding tert-OH is 1. The van der Waals surface area contributed by atoms with E-state index in [1.54, 1.807) is 7.11 Å². The van der Waals surface area contributed by atoms with E-state index in [-0.39, 0.29) is 18.7 Å². The lowest BCUT2D eigenvalue weighted by Gasteiger charge is -2.29. The number of amides is 2. The van der Waals surface area contributed by atoms with Gasteiger partial charge in [0.2, 0.25) is 0 Å². The highest BCUT2D eigenvalue weighted by Crippen LogP contribution is 2.11. The summed E-state index contributed by atoms with van der Waals surface area (Å²) in [4.78, 5) is 11.8. The molecule has 1 fully saturated rings. The van der Waals surface area contributed by atoms with Crippen molar-refractivity contribution in [2.75, 3.05) is 33.5 Å². The topological polar surface area (TPSA) is 79.8 Å². The number of hydrogen-bond acceptors (Lipinski definition) is 4. The lowest BCUT2D eigenvalue weighted by Crippen LogP contribution is -2.54. The zero-order chi connectivity index (χ0) is 13.4. The second kappa shape index (κ2) is 7.56. The van der Waals surface area contributed by atoms with E-state index in [0.717, 1.165) is 19.4 Å². The van der Waals surface area contributed by atoms with E-state index >= 15 is 0 Å². The third-order valence-corrected chi connectivity index (χ3v) is 3.06. The molecule has 0 unspecified atom stereocenters. The minimum Gasteiger partial charge on any atom is -0.396 e. The number of carbonyl (C=O) groups is 1. The number of carbonyl (C=O) groups excluding carboxylic acids is 1. The van der Waals surface area contributed by atoms with Crippen LogP contribution in [0.4, 0.5) is 4.79 Å². The van der Waals surface area contributed by atoms with Gasteiger partial charge < -0.3 is 25.2 Å². The molecular formula is C12H24N2O4. The molecule has 0 bridgehead atoms. The molecule has 0 spiro atoms.